The lowest BCUT2D eigenvalue weighted by atomic mass is 10.0. The first kappa shape index (κ1) is 15.0. The summed E-state index contributed by atoms with van der Waals surface area (Å²) in [7, 11) is 0. The summed E-state index contributed by atoms with van der Waals surface area (Å²) >= 11 is 0. The molecule has 0 aromatic heterocycles. The summed E-state index contributed by atoms with van der Waals surface area (Å²) in [6.45, 7) is 3.68. The lowest BCUT2D eigenvalue weighted by Gasteiger charge is -2.16. The molecule has 21 heavy (non-hydrogen) atoms. The molecule has 0 aliphatic carbocycles. The van der Waals surface area contributed by atoms with Crippen molar-refractivity contribution < 1.29 is 9.66 Å². The predicted octanol–water partition coefficient (Wildman–Crippen LogP) is 4.11. The number of hydrogen-bond donors (Lipinski definition) is 1. The quantitative estimate of drug-likeness (QED) is 0.662. The third-order valence-corrected chi connectivity index (χ3v) is 3.43. The highest BCUT2D eigenvalue weighted by molar-refractivity contribution is 5.50. The van der Waals surface area contributed by atoms with Crippen LogP contribution in [-0.4, -0.2) is 4.92 Å². The van der Waals surface area contributed by atoms with Crippen LogP contribution < -0.4 is 10.5 Å². The highest BCUT2D eigenvalue weighted by Crippen LogP contribution is 2.34. The van der Waals surface area contributed by atoms with Crippen LogP contribution in [0.25, 0.3) is 0 Å². The van der Waals surface area contributed by atoms with Crippen molar-refractivity contribution in [2.45, 2.75) is 26.3 Å². The van der Waals surface area contributed by atoms with Gasteiger partial charge in [0.25, 0.3) is 5.69 Å². The second-order valence-corrected chi connectivity index (χ2v) is 4.81. The Hall–Kier alpha value is -2.40. The summed E-state index contributed by atoms with van der Waals surface area (Å²) < 4.78 is 5.87. The molecule has 0 heterocycles. The maximum atomic E-state index is 11.0. The zero-order valence-corrected chi connectivity index (χ0v) is 12.1. The lowest BCUT2D eigenvalue weighted by Crippen LogP contribution is -2.10. The second-order valence-electron chi connectivity index (χ2n) is 4.81. The second kappa shape index (κ2) is 6.37. The Balaban J connectivity index is 2.40. The van der Waals surface area contributed by atoms with Gasteiger partial charge in [-0.25, -0.2) is 0 Å². The number of hydrogen-bond acceptors (Lipinski definition) is 4. The number of nitrogens with zero attached hydrogens (tertiary/aromatic N) is 1. The molecule has 0 aliphatic heterocycles. The number of nitro groups is 1. The minimum Gasteiger partial charge on any atom is -0.456 e. The van der Waals surface area contributed by atoms with Crippen LogP contribution in [0.3, 0.4) is 0 Å². The molecule has 5 nitrogen and oxygen atoms in total. The summed E-state index contributed by atoms with van der Waals surface area (Å²) in [4.78, 5) is 10.6. The molecule has 2 aromatic carbocycles. The van der Waals surface area contributed by atoms with Crippen molar-refractivity contribution in [1.82, 2.24) is 0 Å². The first-order valence-corrected chi connectivity index (χ1v) is 6.81. The molecule has 0 amide bonds. The van der Waals surface area contributed by atoms with Crippen molar-refractivity contribution in [2.75, 3.05) is 0 Å². The van der Waals surface area contributed by atoms with Crippen molar-refractivity contribution in [2.24, 2.45) is 5.73 Å². The van der Waals surface area contributed by atoms with Gasteiger partial charge in [-0.1, -0.05) is 31.2 Å². The van der Waals surface area contributed by atoms with Crippen molar-refractivity contribution in [3.05, 3.63) is 63.7 Å². The maximum absolute atomic E-state index is 11.0. The van der Waals surface area contributed by atoms with Gasteiger partial charge in [0.15, 0.2) is 0 Å². The van der Waals surface area contributed by atoms with E-state index in [9.17, 15) is 10.1 Å². The third kappa shape index (κ3) is 3.20. The van der Waals surface area contributed by atoms with Gasteiger partial charge in [0.1, 0.15) is 11.5 Å². The van der Waals surface area contributed by atoms with Crippen molar-refractivity contribution in [3.8, 4) is 11.5 Å². The lowest BCUT2D eigenvalue weighted by molar-refractivity contribution is -0.385. The van der Waals surface area contributed by atoms with E-state index < -0.39 is 4.92 Å². The highest BCUT2D eigenvalue weighted by atomic mass is 16.6. The average Bonchev–Trinajstić information content (AvgIpc) is 2.49. The first-order valence-electron chi connectivity index (χ1n) is 6.81. The van der Waals surface area contributed by atoms with Gasteiger partial charge in [-0.2, -0.15) is 0 Å². The molecule has 2 aromatic rings. The monoisotopic (exact) mass is 286 g/mol. The Kier molecular flexibility index (Phi) is 4.55. The van der Waals surface area contributed by atoms with Crippen molar-refractivity contribution in [3.63, 3.8) is 0 Å². The van der Waals surface area contributed by atoms with E-state index in [0.29, 0.717) is 17.1 Å². The Labute approximate surface area is 123 Å². The average molecular weight is 286 g/mol. The summed E-state index contributed by atoms with van der Waals surface area (Å²) in [6, 6.07) is 12.2. The van der Waals surface area contributed by atoms with Crippen LogP contribution in [0.2, 0.25) is 0 Å². The van der Waals surface area contributed by atoms with Gasteiger partial charge >= 0.3 is 0 Å². The molecule has 2 N–H and O–H groups in total. The zero-order valence-electron chi connectivity index (χ0n) is 12.1. The normalized spacial score (nSPS) is 12.0. The van der Waals surface area contributed by atoms with E-state index in [4.69, 9.17) is 10.5 Å². The minimum absolute atomic E-state index is 0.0461. The molecule has 0 saturated heterocycles. The number of para-hydroxylation sites is 1. The number of nitro benzene ring substituents is 1. The van der Waals surface area contributed by atoms with Gasteiger partial charge in [-0.05, 0) is 25.5 Å². The molecular formula is C16H18N2O3. The molecule has 0 unspecified atom stereocenters. The SMILES string of the molecule is CC[C@@H](N)c1ccccc1Oc1cccc([N+](=O)[O-])c1C. The molecule has 2 rings (SSSR count). The van der Waals surface area contributed by atoms with Crippen molar-refractivity contribution >= 4 is 5.69 Å². The van der Waals surface area contributed by atoms with Crippen LogP contribution >= 0.6 is 0 Å². The van der Waals surface area contributed by atoms with Crippen LogP contribution in [0.5, 0.6) is 11.5 Å². The van der Waals surface area contributed by atoms with Crippen LogP contribution in [0.4, 0.5) is 5.69 Å². The number of rotatable bonds is 5. The molecule has 110 valence electrons. The molecule has 0 saturated carbocycles. The fourth-order valence-electron chi connectivity index (χ4n) is 2.13. The summed E-state index contributed by atoms with van der Waals surface area (Å²) in [5, 5.41) is 11.0. The fraction of sp³-hybridized carbons (Fsp3) is 0.250. The fourth-order valence-corrected chi connectivity index (χ4v) is 2.13. The summed E-state index contributed by atoms with van der Waals surface area (Å²) in [5.41, 5.74) is 7.52. The largest absolute Gasteiger partial charge is 0.456 e. The molecule has 0 radical (unpaired) electrons. The van der Waals surface area contributed by atoms with Gasteiger partial charge in [0.2, 0.25) is 0 Å². The van der Waals surface area contributed by atoms with Gasteiger partial charge < -0.3 is 10.5 Å². The van der Waals surface area contributed by atoms with E-state index in [1.54, 1.807) is 19.1 Å². The van der Waals surface area contributed by atoms with E-state index in [2.05, 4.69) is 0 Å². The first-order chi connectivity index (χ1) is 10.0. The predicted molar refractivity (Wildman–Crippen MR) is 81.6 cm³/mol. The minimum atomic E-state index is -0.411. The molecule has 0 fully saturated rings. The third-order valence-electron chi connectivity index (χ3n) is 3.43. The van der Waals surface area contributed by atoms with Crippen LogP contribution in [0.15, 0.2) is 42.5 Å². The Morgan fingerprint density at radius 1 is 1.19 bits per heavy atom. The van der Waals surface area contributed by atoms with Crippen LogP contribution in [0.1, 0.15) is 30.5 Å². The molecule has 1 atom stereocenters. The van der Waals surface area contributed by atoms with E-state index in [-0.39, 0.29) is 11.7 Å². The Bertz CT molecular complexity index is 656. The zero-order chi connectivity index (χ0) is 15.4. The molecule has 0 spiro atoms. The summed E-state index contributed by atoms with van der Waals surface area (Å²) in [5.74, 6) is 1.11. The van der Waals surface area contributed by atoms with E-state index in [0.717, 1.165) is 12.0 Å². The van der Waals surface area contributed by atoms with Crippen molar-refractivity contribution in [1.29, 1.82) is 0 Å². The smallest absolute Gasteiger partial charge is 0.276 e. The van der Waals surface area contributed by atoms with Gasteiger partial charge in [-0.15, -0.1) is 0 Å². The molecular weight excluding hydrogens is 268 g/mol. The van der Waals surface area contributed by atoms with Crippen LogP contribution in [0, 0.1) is 17.0 Å². The molecule has 0 aliphatic rings. The highest BCUT2D eigenvalue weighted by Gasteiger charge is 2.16. The number of ether oxygens (including phenoxy) is 1. The van der Waals surface area contributed by atoms with Gasteiger partial charge in [0, 0.05) is 17.7 Å². The van der Waals surface area contributed by atoms with E-state index >= 15 is 0 Å². The number of benzene rings is 2. The van der Waals surface area contributed by atoms with Gasteiger partial charge in [0.05, 0.1) is 10.5 Å². The van der Waals surface area contributed by atoms with E-state index in [1.165, 1.54) is 6.07 Å². The van der Waals surface area contributed by atoms with Gasteiger partial charge in [-0.3, -0.25) is 10.1 Å². The topological polar surface area (TPSA) is 78.4 Å². The maximum Gasteiger partial charge on any atom is 0.276 e. The Morgan fingerprint density at radius 2 is 1.86 bits per heavy atom. The van der Waals surface area contributed by atoms with Crippen LogP contribution in [-0.2, 0) is 0 Å². The Morgan fingerprint density at radius 3 is 2.52 bits per heavy atom. The standard InChI is InChI=1S/C16H18N2O3/c1-3-13(17)12-7-4-5-9-16(12)21-15-10-6-8-14(11(15)2)18(19)20/h4-10,13H,3,17H2,1-2H3/t13-/m1/s1. The summed E-state index contributed by atoms with van der Waals surface area (Å²) in [6.07, 6.45) is 0.786. The number of nitrogens with two attached hydrogens (primary N) is 1. The molecule has 0 bridgehead atoms. The van der Waals surface area contributed by atoms with E-state index in [1.807, 2.05) is 31.2 Å². The molecule has 5 heteroatoms.